The number of likely N-dealkylation sites (tertiary alicyclic amines) is 1. The monoisotopic (exact) mass is 560 g/mol. The average Bonchev–Trinajstić information content (AvgIpc) is 3.63. The van der Waals surface area contributed by atoms with E-state index in [1.54, 1.807) is 23.0 Å². The molecule has 4 aromatic rings. The molecule has 10 nitrogen and oxygen atoms in total. The minimum absolute atomic E-state index is 0.00911. The molecule has 1 saturated heterocycles. The molecule has 1 amide bonds. The third kappa shape index (κ3) is 5.76. The fourth-order valence-corrected chi connectivity index (χ4v) is 4.68. The fourth-order valence-electron chi connectivity index (χ4n) is 4.68. The summed E-state index contributed by atoms with van der Waals surface area (Å²) in [6.45, 7) is 3.21. The molecule has 4 heterocycles. The van der Waals surface area contributed by atoms with Crippen LogP contribution in [0.4, 0.5) is 23.2 Å². The van der Waals surface area contributed by atoms with Crippen molar-refractivity contribution in [2.45, 2.75) is 51.7 Å². The number of benzene rings is 1. The van der Waals surface area contributed by atoms with Crippen molar-refractivity contribution in [1.29, 1.82) is 0 Å². The van der Waals surface area contributed by atoms with Crippen LogP contribution >= 0.6 is 0 Å². The van der Waals surface area contributed by atoms with Crippen LogP contribution in [0.3, 0.4) is 0 Å². The minimum Gasteiger partial charge on any atom is -0.342 e. The van der Waals surface area contributed by atoms with Gasteiger partial charge in [0.25, 0.3) is 5.91 Å². The molecule has 0 aliphatic carbocycles. The van der Waals surface area contributed by atoms with Gasteiger partial charge >= 0.3 is 6.18 Å². The summed E-state index contributed by atoms with van der Waals surface area (Å²) in [4.78, 5) is 27.2. The Hall–Kier alpha value is -4.07. The summed E-state index contributed by atoms with van der Waals surface area (Å²) >= 11 is 0. The predicted molar refractivity (Wildman–Crippen MR) is 139 cm³/mol. The Bertz CT molecular complexity index is 1550. The van der Waals surface area contributed by atoms with Crippen molar-refractivity contribution >= 4 is 28.2 Å². The smallest absolute Gasteiger partial charge is 0.342 e. The van der Waals surface area contributed by atoms with Crippen LogP contribution in [0, 0.1) is 0 Å². The van der Waals surface area contributed by atoms with Gasteiger partial charge in [-0.25, -0.2) is 9.37 Å². The number of carbonyl (C=O) groups excluding carboxylic acids is 1. The van der Waals surface area contributed by atoms with Crippen molar-refractivity contribution in [2.24, 2.45) is 4.99 Å². The van der Waals surface area contributed by atoms with Crippen LogP contribution < -0.4 is 5.32 Å². The number of amides is 1. The van der Waals surface area contributed by atoms with E-state index in [2.05, 4.69) is 25.4 Å². The number of hydrogen-bond acceptors (Lipinski definition) is 7. The van der Waals surface area contributed by atoms with Gasteiger partial charge in [0.2, 0.25) is 11.7 Å². The van der Waals surface area contributed by atoms with Gasteiger partial charge in [0.15, 0.2) is 6.17 Å². The van der Waals surface area contributed by atoms with Gasteiger partial charge in [-0.1, -0.05) is 11.2 Å². The van der Waals surface area contributed by atoms with E-state index in [-0.39, 0.29) is 42.1 Å². The fraction of sp³-hybridized carbons (Fsp3) is 0.423. The van der Waals surface area contributed by atoms with Gasteiger partial charge in [-0.3, -0.25) is 9.79 Å². The summed E-state index contributed by atoms with van der Waals surface area (Å²) in [6.07, 6.45) is -2.41. The van der Waals surface area contributed by atoms with E-state index >= 15 is 0 Å². The van der Waals surface area contributed by atoms with Gasteiger partial charge < -0.3 is 23.9 Å². The zero-order chi connectivity index (χ0) is 28.6. The second kappa shape index (κ2) is 10.8. The Balaban J connectivity index is 1.46. The zero-order valence-corrected chi connectivity index (χ0v) is 22.1. The van der Waals surface area contributed by atoms with Crippen molar-refractivity contribution in [3.05, 3.63) is 48.4 Å². The summed E-state index contributed by atoms with van der Waals surface area (Å²) in [7, 11) is 1.82. The Morgan fingerprint density at radius 2 is 2.10 bits per heavy atom. The van der Waals surface area contributed by atoms with Crippen molar-refractivity contribution in [3.63, 3.8) is 0 Å². The van der Waals surface area contributed by atoms with E-state index in [4.69, 9.17) is 4.52 Å². The van der Waals surface area contributed by atoms with E-state index in [9.17, 15) is 22.4 Å². The zero-order valence-electron chi connectivity index (χ0n) is 22.1. The number of aromatic nitrogens is 5. The third-order valence-corrected chi connectivity index (χ3v) is 6.66. The SMILES string of the molecule is CC(C)n1cncc1C(=O)NCc1nc(-c2cc3c(/N=C4\CCN(C)C[C@@H]4F)cccc3n2CC(F)(F)F)no1. The highest BCUT2D eigenvalue weighted by Crippen LogP contribution is 2.35. The van der Waals surface area contributed by atoms with Crippen LogP contribution in [0.15, 0.2) is 46.3 Å². The number of imidazole rings is 1. The molecule has 1 fully saturated rings. The average molecular weight is 561 g/mol. The predicted octanol–water partition coefficient (Wildman–Crippen LogP) is 4.71. The highest BCUT2D eigenvalue weighted by molar-refractivity contribution is 5.99. The lowest BCUT2D eigenvalue weighted by Gasteiger charge is -2.26. The van der Waals surface area contributed by atoms with Crippen molar-refractivity contribution in [2.75, 3.05) is 20.1 Å². The van der Waals surface area contributed by atoms with E-state index in [1.165, 1.54) is 18.3 Å². The molecule has 3 aromatic heterocycles. The molecule has 0 saturated carbocycles. The number of alkyl halides is 4. The first kappa shape index (κ1) is 27.5. The molecule has 40 heavy (non-hydrogen) atoms. The maximum atomic E-state index is 14.6. The molecule has 1 aromatic carbocycles. The number of nitrogens with one attached hydrogen (secondary N) is 1. The molecule has 1 atom stereocenters. The number of carbonyl (C=O) groups is 1. The molecular formula is C26H28F4N8O2. The number of aliphatic imine (C=N–C) groups is 1. The molecule has 0 radical (unpaired) electrons. The molecule has 1 aliphatic rings. The maximum absolute atomic E-state index is 14.6. The molecule has 1 N–H and O–H groups in total. The van der Waals surface area contributed by atoms with Crippen LogP contribution in [-0.2, 0) is 13.1 Å². The summed E-state index contributed by atoms with van der Waals surface area (Å²) in [5.41, 5.74) is 1.36. The lowest BCUT2D eigenvalue weighted by atomic mass is 10.1. The molecule has 212 valence electrons. The molecule has 14 heteroatoms. The van der Waals surface area contributed by atoms with Crippen LogP contribution in [0.25, 0.3) is 22.4 Å². The summed E-state index contributed by atoms with van der Waals surface area (Å²) in [5.74, 6) is -0.492. The lowest BCUT2D eigenvalue weighted by Crippen LogP contribution is -2.39. The second-order valence-corrected chi connectivity index (χ2v) is 10.00. The Kier molecular flexibility index (Phi) is 7.45. The van der Waals surface area contributed by atoms with Gasteiger partial charge in [0.1, 0.15) is 12.2 Å². The normalized spacial score (nSPS) is 17.8. The molecular weight excluding hydrogens is 532 g/mol. The van der Waals surface area contributed by atoms with Crippen molar-refractivity contribution < 1.29 is 26.9 Å². The Morgan fingerprint density at radius 3 is 2.83 bits per heavy atom. The number of hydrogen-bond donors (Lipinski definition) is 1. The van der Waals surface area contributed by atoms with Crippen molar-refractivity contribution in [1.82, 2.24) is 34.5 Å². The Morgan fingerprint density at radius 1 is 1.30 bits per heavy atom. The van der Waals surface area contributed by atoms with Crippen molar-refractivity contribution in [3.8, 4) is 11.5 Å². The number of halogens is 4. The van der Waals surface area contributed by atoms with Crippen LogP contribution in [0.5, 0.6) is 0 Å². The van der Waals surface area contributed by atoms with Crippen LogP contribution in [-0.4, -0.2) is 73.3 Å². The van der Waals surface area contributed by atoms with Crippen LogP contribution in [0.1, 0.15) is 42.7 Å². The van der Waals surface area contributed by atoms with E-state index in [0.29, 0.717) is 35.4 Å². The van der Waals surface area contributed by atoms with Crippen LogP contribution in [0.2, 0.25) is 0 Å². The molecule has 0 bridgehead atoms. The largest absolute Gasteiger partial charge is 0.406 e. The minimum atomic E-state index is -4.54. The van der Waals surface area contributed by atoms with Gasteiger partial charge in [0, 0.05) is 30.9 Å². The van der Waals surface area contributed by atoms with E-state index < -0.39 is 24.8 Å². The first-order valence-corrected chi connectivity index (χ1v) is 12.7. The molecule has 0 spiro atoms. The quantitative estimate of drug-likeness (QED) is 0.328. The highest BCUT2D eigenvalue weighted by atomic mass is 19.4. The summed E-state index contributed by atoms with van der Waals surface area (Å²) in [5, 5.41) is 6.95. The summed E-state index contributed by atoms with van der Waals surface area (Å²) < 4.78 is 63.5. The number of piperidine rings is 1. The first-order valence-electron chi connectivity index (χ1n) is 12.7. The topological polar surface area (TPSA) is 106 Å². The van der Waals surface area contributed by atoms with Gasteiger partial charge in [-0.05, 0) is 39.1 Å². The van der Waals surface area contributed by atoms with E-state index in [0.717, 1.165) is 4.57 Å². The number of nitrogens with zero attached hydrogens (tertiary/aromatic N) is 7. The highest BCUT2D eigenvalue weighted by Gasteiger charge is 2.31. The molecule has 0 unspecified atom stereocenters. The molecule has 5 rings (SSSR count). The number of fused-ring (bicyclic) bond motifs is 1. The summed E-state index contributed by atoms with van der Waals surface area (Å²) in [6, 6.07) is 6.27. The van der Waals surface area contributed by atoms with Gasteiger partial charge in [-0.15, -0.1) is 0 Å². The number of rotatable bonds is 7. The first-order chi connectivity index (χ1) is 19.0. The Labute approximate surface area is 226 Å². The second-order valence-electron chi connectivity index (χ2n) is 10.00. The van der Waals surface area contributed by atoms with Gasteiger partial charge in [0.05, 0.1) is 41.7 Å². The van der Waals surface area contributed by atoms with E-state index in [1.807, 2.05) is 25.8 Å². The maximum Gasteiger partial charge on any atom is 0.406 e. The lowest BCUT2D eigenvalue weighted by molar-refractivity contribution is -0.139. The standard InChI is InChI=1S/C26H28F4N8O2/c1-15(2)38-14-31-10-22(38)25(39)32-11-23-34-24(35-40-23)21-9-16-18(33-19-7-8-36(3)12-17(19)27)5-4-6-20(16)37(21)13-26(28,29)30/h4-6,9-10,14-15,17H,7-8,11-13H2,1-3H3,(H,32,39)/b33-19+/t17-/m0/s1. The van der Waals surface area contributed by atoms with Gasteiger partial charge in [-0.2, -0.15) is 18.2 Å². The molecule has 1 aliphatic heterocycles. The third-order valence-electron chi connectivity index (χ3n) is 6.66.